The van der Waals surface area contributed by atoms with Gasteiger partial charge in [0.25, 0.3) is 0 Å². The van der Waals surface area contributed by atoms with Crippen LogP contribution in [0.3, 0.4) is 0 Å². The van der Waals surface area contributed by atoms with Gasteiger partial charge in [-0.2, -0.15) is 0 Å². The summed E-state index contributed by atoms with van der Waals surface area (Å²) in [6.07, 6.45) is 1.64. The van der Waals surface area contributed by atoms with E-state index >= 15 is 0 Å². The van der Waals surface area contributed by atoms with Crippen LogP contribution in [-0.4, -0.2) is 93.1 Å². The molecule has 4 amide bonds. The first kappa shape index (κ1) is 24.5. The number of hydrogen-bond acceptors (Lipinski definition) is 10. The Morgan fingerprint density at radius 3 is 1.55 bits per heavy atom. The molecule has 0 radical (unpaired) electrons. The van der Waals surface area contributed by atoms with Gasteiger partial charge >= 0.3 is 12.2 Å². The number of alkyl carbamates (subject to hydrolysis) is 2. The van der Waals surface area contributed by atoms with Crippen molar-refractivity contribution >= 4 is 24.0 Å². The summed E-state index contributed by atoms with van der Waals surface area (Å²) in [5, 5.41) is 3.79. The van der Waals surface area contributed by atoms with E-state index in [9.17, 15) is 19.2 Å². The lowest BCUT2D eigenvalue weighted by atomic mass is 10.0. The Morgan fingerprint density at radius 2 is 1.16 bits per heavy atom. The molecule has 4 N–H and O–H groups in total. The second-order valence-electron chi connectivity index (χ2n) is 13.1. The summed E-state index contributed by atoms with van der Waals surface area (Å²) in [5.41, 5.74) is 2.08. The molecule has 7 rings (SSSR count). The van der Waals surface area contributed by atoms with Gasteiger partial charge < -0.3 is 49.3 Å². The van der Waals surface area contributed by atoms with E-state index in [-0.39, 0.29) is 24.7 Å². The summed E-state index contributed by atoms with van der Waals surface area (Å²) in [5.74, 6) is -5.96. The normalized spacial score (nSPS) is 24.1. The number of imidazole rings is 2. The van der Waals surface area contributed by atoms with Gasteiger partial charge in [0.15, 0.2) is 23.0 Å². The minimum Gasteiger partial charge on any atom is -0.453 e. The number of amides is 4. The van der Waals surface area contributed by atoms with Crippen molar-refractivity contribution in [3.63, 3.8) is 0 Å². The molecule has 16 heteroatoms. The number of aromatic nitrogens is 4. The van der Waals surface area contributed by atoms with Crippen molar-refractivity contribution in [2.45, 2.75) is 77.2 Å². The fourth-order valence-corrected chi connectivity index (χ4v) is 6.94. The lowest BCUT2D eigenvalue weighted by Crippen LogP contribution is -2.51. The fraction of sp³-hybridized carbons (Fsp3) is 0.450. The van der Waals surface area contributed by atoms with Gasteiger partial charge in [-0.15, -0.1) is 0 Å². The third-order valence-corrected chi connectivity index (χ3v) is 9.68. The van der Waals surface area contributed by atoms with Crippen molar-refractivity contribution in [3.8, 4) is 45.5 Å². The van der Waals surface area contributed by atoms with Gasteiger partial charge in [0.2, 0.25) is 11.8 Å². The molecule has 0 spiro atoms. The molecule has 3 aliphatic heterocycles. The highest BCUT2D eigenvalue weighted by Crippen LogP contribution is 2.48. The standard InChI is InChI=1S/C40H48N8O8/c1-21(2)33(45-39(51)53-5)37(49)47-15-7-9-27(47)35-41-19-25(43-35)23-11-13-29-31(17-23)55-30-14-12-24(18-32(30)56-29)26-20-42-36(44-26)28-10-8-16-48(28)38(50)34(22(3)4)46-40(52)54-6/h11-14,17-22,27-28,33-34H,7-10,15-16H2,1-6H3,(H,41,43)(H,42,44)(H,45,51)(H,46,52)/t27-,28-,33-,34-/m0/s1/i1D3,2D3,3D3,4D3,33D,34D. The molecule has 5 heterocycles. The number of nitrogens with one attached hydrogen (secondary N) is 4. The van der Waals surface area contributed by atoms with Crippen LogP contribution >= 0.6 is 0 Å². The summed E-state index contributed by atoms with van der Waals surface area (Å²) >= 11 is 0. The molecular formula is C40H48N8O8. The van der Waals surface area contributed by atoms with Crippen LogP contribution in [0.1, 0.15) is 96.0 Å². The Balaban J connectivity index is 1.08. The number of H-pyrrole nitrogens is 2. The number of rotatable bonds is 10. The number of fused-ring (bicyclic) bond motifs is 2. The maximum atomic E-state index is 14.1. The van der Waals surface area contributed by atoms with Crippen LogP contribution in [0.15, 0.2) is 48.8 Å². The summed E-state index contributed by atoms with van der Waals surface area (Å²) in [7, 11) is 1.85. The van der Waals surface area contributed by atoms with E-state index < -0.39 is 87.4 Å². The van der Waals surface area contributed by atoms with Crippen molar-refractivity contribution in [2.24, 2.45) is 11.8 Å². The number of nitrogens with zero attached hydrogens (tertiary/aromatic N) is 4. The number of ether oxygens (including phenoxy) is 4. The smallest absolute Gasteiger partial charge is 0.407 e. The lowest BCUT2D eigenvalue weighted by molar-refractivity contribution is -0.136. The number of benzene rings is 2. The average Bonchev–Trinajstić information content (AvgIpc) is 4.09. The Kier molecular flexibility index (Phi) is 6.97. The monoisotopic (exact) mass is 782 g/mol. The van der Waals surface area contributed by atoms with E-state index in [1.165, 1.54) is 12.4 Å². The molecule has 56 heavy (non-hydrogen) atoms. The quantitative estimate of drug-likeness (QED) is 0.122. The molecule has 4 aromatic rings. The highest BCUT2D eigenvalue weighted by atomic mass is 16.6. The number of hydrogen-bond donors (Lipinski definition) is 4. The molecule has 0 aliphatic carbocycles. The Labute approximate surface area is 344 Å². The second kappa shape index (κ2) is 16.0. The first-order chi connectivity index (χ1) is 32.5. The van der Waals surface area contributed by atoms with Crippen LogP contribution in [0, 0.1) is 11.8 Å². The van der Waals surface area contributed by atoms with Gasteiger partial charge in [-0.3, -0.25) is 9.59 Å². The molecular weight excluding hydrogens is 720 g/mol. The maximum Gasteiger partial charge on any atom is 0.407 e. The van der Waals surface area contributed by atoms with E-state index in [4.69, 9.17) is 28.7 Å². The van der Waals surface area contributed by atoms with Crippen LogP contribution in [0.5, 0.6) is 23.0 Å². The third-order valence-electron chi connectivity index (χ3n) is 9.68. The van der Waals surface area contributed by atoms with Crippen molar-refractivity contribution < 1.29 is 57.3 Å². The molecule has 2 aromatic heterocycles. The Hall–Kier alpha value is -6.06. The summed E-state index contributed by atoms with van der Waals surface area (Å²) in [6, 6.07) is 1.98. The zero-order chi connectivity index (χ0) is 51.5. The highest BCUT2D eigenvalue weighted by Gasteiger charge is 2.39. The molecule has 0 saturated carbocycles. The molecule has 16 nitrogen and oxygen atoms in total. The second-order valence-corrected chi connectivity index (χ2v) is 13.1. The molecule has 2 aromatic carbocycles. The van der Waals surface area contributed by atoms with Gasteiger partial charge in [-0.25, -0.2) is 19.6 Å². The van der Waals surface area contributed by atoms with Crippen LogP contribution in [0.4, 0.5) is 9.59 Å². The minimum absolute atomic E-state index is 0.00203. The summed E-state index contributed by atoms with van der Waals surface area (Å²) < 4.78 is 135. The first-order valence-corrected chi connectivity index (χ1v) is 17.6. The average molecular weight is 783 g/mol. The van der Waals surface area contributed by atoms with Crippen LogP contribution in [0.2, 0.25) is 0 Å². The van der Waals surface area contributed by atoms with Crippen LogP contribution in [-0.2, 0) is 19.1 Å². The largest absolute Gasteiger partial charge is 0.453 e. The maximum absolute atomic E-state index is 14.1. The van der Waals surface area contributed by atoms with E-state index in [1.807, 2.05) is 10.6 Å². The van der Waals surface area contributed by atoms with Crippen molar-refractivity contribution in [2.75, 3.05) is 27.3 Å². The predicted octanol–water partition coefficient (Wildman–Crippen LogP) is 6.45. The van der Waals surface area contributed by atoms with Crippen LogP contribution in [0.25, 0.3) is 22.5 Å². The molecule has 2 fully saturated rings. The van der Waals surface area contributed by atoms with E-state index in [2.05, 4.69) is 29.4 Å². The van der Waals surface area contributed by atoms with Gasteiger partial charge in [0, 0.05) is 40.7 Å². The zero-order valence-corrected chi connectivity index (χ0v) is 30.2. The van der Waals surface area contributed by atoms with Gasteiger partial charge in [0.1, 0.15) is 23.7 Å². The molecule has 2 saturated heterocycles. The third kappa shape index (κ3) is 7.59. The number of carbonyl (C=O) groups is 4. The Morgan fingerprint density at radius 1 is 0.732 bits per heavy atom. The van der Waals surface area contributed by atoms with Gasteiger partial charge in [-0.05, 0) is 73.9 Å². The van der Waals surface area contributed by atoms with Gasteiger partial charge in [-0.1, -0.05) is 27.4 Å². The molecule has 3 aliphatic rings. The zero-order valence-electron chi connectivity index (χ0n) is 44.2. The lowest BCUT2D eigenvalue weighted by Gasteiger charge is -2.30. The molecule has 4 atom stereocenters. The van der Waals surface area contributed by atoms with Crippen molar-refractivity contribution in [3.05, 3.63) is 60.4 Å². The number of likely N-dealkylation sites (tertiary alicyclic amines) is 2. The number of aromatic amines is 2. The highest BCUT2D eigenvalue weighted by molar-refractivity contribution is 5.87. The predicted molar refractivity (Wildman–Crippen MR) is 204 cm³/mol. The summed E-state index contributed by atoms with van der Waals surface area (Å²) in [4.78, 5) is 70.5. The van der Waals surface area contributed by atoms with Crippen molar-refractivity contribution in [1.82, 2.24) is 40.4 Å². The van der Waals surface area contributed by atoms with Crippen molar-refractivity contribution in [1.29, 1.82) is 0 Å². The SMILES string of the molecule is [2H]C([2H])([2H])C(C([2H])([2H])[2H])[C@]([2H])(NC(=O)OC)C(=O)N1CCC[C@H]1c1ncc(-c2ccc3c(c2)Oc2ccc(-c4cnc([C@@H]5CCCN5C(=O)[C@@]([2H])(NC(=O)OC)C(C([2H])([2H])[2H])C([2H])([2H])[2H])[nH]4)cc2O3)[nH]1. The number of methoxy groups -OCH3 is 2. The molecule has 296 valence electrons. The van der Waals surface area contributed by atoms with E-state index in [0.29, 0.717) is 71.2 Å². The Bertz CT molecular complexity index is 2450. The van der Waals surface area contributed by atoms with Gasteiger partial charge in [0.05, 0.1) is 52.8 Å². The fourth-order valence-electron chi connectivity index (χ4n) is 6.94. The first-order valence-electron chi connectivity index (χ1n) is 24.6. The van der Waals surface area contributed by atoms with E-state index in [0.717, 1.165) is 24.0 Å². The van der Waals surface area contributed by atoms with E-state index in [1.54, 1.807) is 36.4 Å². The van der Waals surface area contributed by atoms with Crippen LogP contribution < -0.4 is 20.1 Å². The minimum atomic E-state index is -3.37. The topological polar surface area (TPSA) is 193 Å². The molecule has 0 bridgehead atoms. The summed E-state index contributed by atoms with van der Waals surface area (Å²) in [6.45, 7) is -13.5. The molecule has 0 unspecified atom stereocenters. The number of carbonyl (C=O) groups excluding carboxylic acids is 4.